The van der Waals surface area contributed by atoms with Crippen LogP contribution < -0.4 is 4.90 Å². The van der Waals surface area contributed by atoms with Gasteiger partial charge in [0.1, 0.15) is 0 Å². The molecule has 198 valence electrons. The predicted octanol–water partition coefficient (Wildman–Crippen LogP) is 11.4. The third-order valence-electron chi connectivity index (χ3n) is 7.96. The highest BCUT2D eigenvalue weighted by atomic mass is 32.1. The van der Waals surface area contributed by atoms with Crippen LogP contribution in [0.25, 0.3) is 53.2 Å². The molecule has 0 saturated heterocycles. The number of rotatable bonds is 5. The maximum Gasteiger partial charge on any atom is 0.0538 e. The Kier molecular flexibility index (Phi) is 6.02. The van der Waals surface area contributed by atoms with Crippen molar-refractivity contribution in [1.29, 1.82) is 0 Å². The molecule has 0 amide bonds. The van der Waals surface area contributed by atoms with E-state index in [1.165, 1.54) is 53.2 Å². The number of pyridine rings is 1. The van der Waals surface area contributed by atoms with Gasteiger partial charge in [0, 0.05) is 44.9 Å². The number of hydrogen-bond donors (Lipinski definition) is 0. The lowest BCUT2D eigenvalue weighted by Crippen LogP contribution is -2.09. The summed E-state index contributed by atoms with van der Waals surface area (Å²) < 4.78 is 2.47. The molecule has 0 unspecified atom stereocenters. The highest BCUT2D eigenvalue weighted by Crippen LogP contribution is 2.41. The lowest BCUT2D eigenvalue weighted by atomic mass is 10.0. The van der Waals surface area contributed by atoms with Crippen LogP contribution in [0.5, 0.6) is 0 Å². The molecule has 0 radical (unpaired) electrons. The van der Waals surface area contributed by atoms with Gasteiger partial charge in [0.05, 0.1) is 4.70 Å². The Labute approximate surface area is 248 Å². The highest BCUT2D eigenvalue weighted by Gasteiger charge is 2.15. The highest BCUT2D eigenvalue weighted by molar-refractivity contribution is 7.25. The van der Waals surface area contributed by atoms with Gasteiger partial charge in [-0.2, -0.15) is 0 Å². The van der Waals surface area contributed by atoms with E-state index < -0.39 is 0 Å². The Bertz CT molecular complexity index is 2180. The fourth-order valence-corrected chi connectivity index (χ4v) is 6.92. The molecule has 6 aromatic carbocycles. The van der Waals surface area contributed by atoms with Gasteiger partial charge in [0.15, 0.2) is 0 Å². The van der Waals surface area contributed by atoms with Crippen LogP contribution >= 0.6 is 11.3 Å². The molecule has 42 heavy (non-hydrogen) atoms. The summed E-state index contributed by atoms with van der Waals surface area (Å²) in [5.74, 6) is 0. The molecule has 0 N–H and O–H groups in total. The van der Waals surface area contributed by atoms with Gasteiger partial charge in [-0.15, -0.1) is 11.3 Å². The van der Waals surface area contributed by atoms with Gasteiger partial charge in [-0.25, -0.2) is 0 Å². The summed E-state index contributed by atoms with van der Waals surface area (Å²) >= 11 is 1.79. The third kappa shape index (κ3) is 4.41. The molecular weight excluding hydrogens is 529 g/mol. The number of anilines is 3. The van der Waals surface area contributed by atoms with E-state index in [-0.39, 0.29) is 0 Å². The van der Waals surface area contributed by atoms with E-state index in [1.54, 1.807) is 11.3 Å². The standard InChI is InChI=1S/C39H26N2S/c1-2-6-27(7-3-1)29-12-16-33(17-13-29)41(35-20-21-36-37-22-23-40-26-39(37)42-38(36)25-35)34-18-14-30(15-19-34)32-11-10-28-8-4-5-9-31(28)24-32/h1-26H. The monoisotopic (exact) mass is 554 g/mol. The van der Waals surface area contributed by atoms with Crippen molar-refractivity contribution in [1.82, 2.24) is 4.98 Å². The number of aromatic nitrogens is 1. The zero-order chi connectivity index (χ0) is 27.9. The number of fused-ring (bicyclic) bond motifs is 4. The molecule has 3 heteroatoms. The number of thiophene rings is 1. The van der Waals surface area contributed by atoms with Crippen LogP contribution in [0.2, 0.25) is 0 Å². The molecule has 2 nitrogen and oxygen atoms in total. The molecule has 0 saturated carbocycles. The maximum atomic E-state index is 4.34. The molecule has 2 aromatic heterocycles. The maximum absolute atomic E-state index is 4.34. The molecule has 0 atom stereocenters. The zero-order valence-corrected chi connectivity index (χ0v) is 23.6. The number of benzene rings is 6. The van der Waals surface area contributed by atoms with Gasteiger partial charge in [-0.1, -0.05) is 97.1 Å². The van der Waals surface area contributed by atoms with Gasteiger partial charge >= 0.3 is 0 Å². The molecule has 0 aliphatic rings. The van der Waals surface area contributed by atoms with Gasteiger partial charge in [-0.3, -0.25) is 4.98 Å². The van der Waals surface area contributed by atoms with Crippen LogP contribution in [0.15, 0.2) is 158 Å². The molecule has 0 aliphatic carbocycles. The molecule has 0 spiro atoms. The van der Waals surface area contributed by atoms with E-state index >= 15 is 0 Å². The predicted molar refractivity (Wildman–Crippen MR) is 180 cm³/mol. The normalized spacial score (nSPS) is 11.3. The van der Waals surface area contributed by atoms with Gasteiger partial charge in [-0.05, 0) is 81.6 Å². The molecule has 8 rings (SSSR count). The Hall–Kier alpha value is -5.25. The second kappa shape index (κ2) is 10.3. The van der Waals surface area contributed by atoms with Crippen molar-refractivity contribution in [2.45, 2.75) is 0 Å². The Morgan fingerprint density at radius 1 is 0.429 bits per heavy atom. The number of nitrogens with zero attached hydrogens (tertiary/aromatic N) is 2. The first kappa shape index (κ1) is 24.5. The Morgan fingerprint density at radius 2 is 1.02 bits per heavy atom. The summed E-state index contributed by atoms with van der Waals surface area (Å²) in [5.41, 5.74) is 8.22. The van der Waals surface area contributed by atoms with Gasteiger partial charge in [0.2, 0.25) is 0 Å². The van der Waals surface area contributed by atoms with Crippen LogP contribution in [-0.4, -0.2) is 4.98 Å². The first-order chi connectivity index (χ1) is 20.8. The summed E-state index contributed by atoms with van der Waals surface area (Å²) in [6.45, 7) is 0. The van der Waals surface area contributed by atoms with E-state index in [1.807, 2.05) is 12.4 Å². The van der Waals surface area contributed by atoms with E-state index in [4.69, 9.17) is 0 Å². The lowest BCUT2D eigenvalue weighted by Gasteiger charge is -2.26. The summed E-state index contributed by atoms with van der Waals surface area (Å²) in [4.78, 5) is 6.69. The smallest absolute Gasteiger partial charge is 0.0538 e. The first-order valence-electron chi connectivity index (χ1n) is 14.1. The lowest BCUT2D eigenvalue weighted by molar-refractivity contribution is 1.29. The van der Waals surface area contributed by atoms with Crippen molar-refractivity contribution in [3.8, 4) is 22.3 Å². The minimum atomic E-state index is 1.12. The quantitative estimate of drug-likeness (QED) is 0.210. The average Bonchev–Trinajstić information content (AvgIpc) is 3.44. The summed E-state index contributed by atoms with van der Waals surface area (Å²) in [6.07, 6.45) is 3.84. The minimum absolute atomic E-state index is 1.12. The van der Waals surface area contributed by atoms with E-state index in [0.717, 1.165) is 17.1 Å². The molecule has 0 aliphatic heterocycles. The fourth-order valence-electron chi connectivity index (χ4n) is 5.81. The van der Waals surface area contributed by atoms with Crippen molar-refractivity contribution in [2.75, 3.05) is 4.90 Å². The van der Waals surface area contributed by atoms with Crippen molar-refractivity contribution in [2.24, 2.45) is 0 Å². The van der Waals surface area contributed by atoms with Gasteiger partial charge in [0.25, 0.3) is 0 Å². The van der Waals surface area contributed by atoms with Crippen LogP contribution in [0, 0.1) is 0 Å². The summed E-state index contributed by atoms with van der Waals surface area (Å²) in [5, 5.41) is 5.05. The molecule has 0 bridgehead atoms. The summed E-state index contributed by atoms with van der Waals surface area (Å²) in [6, 6.07) is 52.4. The van der Waals surface area contributed by atoms with Crippen LogP contribution in [-0.2, 0) is 0 Å². The molecule has 0 fully saturated rings. The van der Waals surface area contributed by atoms with E-state index in [2.05, 4.69) is 155 Å². The Balaban J connectivity index is 1.22. The van der Waals surface area contributed by atoms with E-state index in [9.17, 15) is 0 Å². The largest absolute Gasteiger partial charge is 0.310 e. The van der Waals surface area contributed by atoms with Crippen molar-refractivity contribution in [3.63, 3.8) is 0 Å². The van der Waals surface area contributed by atoms with Crippen molar-refractivity contribution in [3.05, 3.63) is 158 Å². The van der Waals surface area contributed by atoms with Crippen LogP contribution in [0.3, 0.4) is 0 Å². The number of hydrogen-bond acceptors (Lipinski definition) is 3. The summed E-state index contributed by atoms with van der Waals surface area (Å²) in [7, 11) is 0. The van der Waals surface area contributed by atoms with Crippen LogP contribution in [0.1, 0.15) is 0 Å². The average molecular weight is 555 g/mol. The molecular formula is C39H26N2S. The first-order valence-corrected chi connectivity index (χ1v) is 14.9. The fraction of sp³-hybridized carbons (Fsp3) is 0. The van der Waals surface area contributed by atoms with Gasteiger partial charge < -0.3 is 4.90 Å². The second-order valence-electron chi connectivity index (χ2n) is 10.5. The second-order valence-corrected chi connectivity index (χ2v) is 11.6. The van der Waals surface area contributed by atoms with Crippen LogP contribution in [0.4, 0.5) is 17.1 Å². The Morgan fingerprint density at radius 3 is 1.79 bits per heavy atom. The molecule has 8 aromatic rings. The zero-order valence-electron chi connectivity index (χ0n) is 22.8. The van der Waals surface area contributed by atoms with E-state index in [0.29, 0.717) is 0 Å². The SMILES string of the molecule is c1ccc(-c2ccc(N(c3ccc(-c4ccc5ccccc5c4)cc3)c3ccc4c(c3)sc3cnccc34)cc2)cc1. The minimum Gasteiger partial charge on any atom is -0.310 e. The topological polar surface area (TPSA) is 16.1 Å². The van der Waals surface area contributed by atoms with Crippen molar-refractivity contribution < 1.29 is 0 Å². The third-order valence-corrected chi connectivity index (χ3v) is 9.06. The molecule has 2 heterocycles. The van der Waals surface area contributed by atoms with Crippen molar-refractivity contribution >= 4 is 59.3 Å².